The van der Waals surface area contributed by atoms with Gasteiger partial charge in [0.25, 0.3) is 0 Å². The molecule has 1 rings (SSSR count). The molecule has 0 bridgehead atoms. The van der Waals surface area contributed by atoms with Gasteiger partial charge in [0.2, 0.25) is 0 Å². The minimum atomic E-state index is -0.642. The highest BCUT2D eigenvalue weighted by Gasteiger charge is 2.11. The Morgan fingerprint density at radius 1 is 1.33 bits per heavy atom. The molecule has 0 atom stereocenters. The number of hydrogen-bond donors (Lipinski definition) is 2. The number of nitrogens with one attached hydrogen (secondary N) is 2. The van der Waals surface area contributed by atoms with Crippen LogP contribution < -0.4 is 10.6 Å². The van der Waals surface area contributed by atoms with E-state index in [1.54, 1.807) is 25.6 Å². The molecule has 0 aliphatic rings. The highest BCUT2D eigenvalue weighted by Crippen LogP contribution is 1.93. The van der Waals surface area contributed by atoms with Crippen LogP contribution in [0.2, 0.25) is 0 Å². The van der Waals surface area contributed by atoms with E-state index in [1.165, 1.54) is 0 Å². The third-order valence-electron chi connectivity index (χ3n) is 2.19. The molecule has 0 radical (unpaired) electrons. The largest absolute Gasteiger partial charge is 0.385 e. The van der Waals surface area contributed by atoms with Crippen molar-refractivity contribution in [1.82, 2.24) is 15.6 Å². The van der Waals surface area contributed by atoms with Crippen molar-refractivity contribution in [2.75, 3.05) is 20.3 Å². The highest BCUT2D eigenvalue weighted by molar-refractivity contribution is 6.35. The average molecular weight is 251 g/mol. The van der Waals surface area contributed by atoms with Gasteiger partial charge in [-0.15, -0.1) is 0 Å². The van der Waals surface area contributed by atoms with Crippen molar-refractivity contribution in [3.63, 3.8) is 0 Å². The Bertz CT molecular complexity index is 381. The van der Waals surface area contributed by atoms with Gasteiger partial charge in [-0.25, -0.2) is 0 Å². The van der Waals surface area contributed by atoms with Gasteiger partial charge in [0.05, 0.1) is 0 Å². The maximum atomic E-state index is 11.4. The second-order valence-corrected chi connectivity index (χ2v) is 3.65. The summed E-state index contributed by atoms with van der Waals surface area (Å²) in [6.07, 6.45) is 3.96. The molecular weight excluding hydrogens is 234 g/mol. The third kappa shape index (κ3) is 5.40. The monoisotopic (exact) mass is 251 g/mol. The maximum Gasteiger partial charge on any atom is 0.309 e. The SMILES string of the molecule is COCCCNC(=O)C(=O)NCc1cccnc1. The van der Waals surface area contributed by atoms with Crippen molar-refractivity contribution >= 4 is 11.8 Å². The zero-order chi connectivity index (χ0) is 13.2. The first kappa shape index (κ1) is 14.1. The summed E-state index contributed by atoms with van der Waals surface area (Å²) in [5.74, 6) is -1.27. The van der Waals surface area contributed by atoms with Gasteiger partial charge in [-0.1, -0.05) is 6.07 Å². The maximum absolute atomic E-state index is 11.4. The van der Waals surface area contributed by atoms with Crippen LogP contribution in [0.25, 0.3) is 0 Å². The molecule has 0 aliphatic carbocycles. The van der Waals surface area contributed by atoms with E-state index in [-0.39, 0.29) is 6.54 Å². The van der Waals surface area contributed by atoms with Crippen LogP contribution >= 0.6 is 0 Å². The smallest absolute Gasteiger partial charge is 0.309 e. The van der Waals surface area contributed by atoms with Crippen LogP contribution in [0.5, 0.6) is 0 Å². The van der Waals surface area contributed by atoms with E-state index in [1.807, 2.05) is 6.07 Å². The Morgan fingerprint density at radius 3 is 2.78 bits per heavy atom. The lowest BCUT2D eigenvalue weighted by Gasteiger charge is -2.06. The lowest BCUT2D eigenvalue weighted by atomic mass is 10.3. The van der Waals surface area contributed by atoms with Crippen LogP contribution in [0, 0.1) is 0 Å². The van der Waals surface area contributed by atoms with Crippen LogP contribution in [0.1, 0.15) is 12.0 Å². The van der Waals surface area contributed by atoms with E-state index < -0.39 is 11.8 Å². The average Bonchev–Trinajstić information content (AvgIpc) is 2.42. The molecule has 0 saturated carbocycles. The minimum Gasteiger partial charge on any atom is -0.385 e. The quantitative estimate of drug-likeness (QED) is 0.544. The summed E-state index contributed by atoms with van der Waals surface area (Å²) < 4.78 is 4.83. The summed E-state index contributed by atoms with van der Waals surface area (Å²) in [5.41, 5.74) is 0.845. The van der Waals surface area contributed by atoms with Crippen molar-refractivity contribution in [2.24, 2.45) is 0 Å². The highest BCUT2D eigenvalue weighted by atomic mass is 16.5. The summed E-state index contributed by atoms with van der Waals surface area (Å²) in [5, 5.41) is 5.02. The Morgan fingerprint density at radius 2 is 2.11 bits per heavy atom. The minimum absolute atomic E-state index is 0.290. The second kappa shape index (κ2) is 8.19. The molecule has 1 aromatic rings. The van der Waals surface area contributed by atoms with E-state index in [0.717, 1.165) is 5.56 Å². The lowest BCUT2D eigenvalue weighted by Crippen LogP contribution is -2.40. The molecule has 98 valence electrons. The number of nitrogens with zero attached hydrogens (tertiary/aromatic N) is 1. The molecule has 0 fully saturated rings. The van der Waals surface area contributed by atoms with E-state index in [9.17, 15) is 9.59 Å². The lowest BCUT2D eigenvalue weighted by molar-refractivity contribution is -0.139. The molecule has 0 aromatic carbocycles. The predicted octanol–water partition coefficient (Wildman–Crippen LogP) is -0.149. The number of amides is 2. The van der Waals surface area contributed by atoms with Gasteiger partial charge in [0.15, 0.2) is 0 Å². The molecule has 6 heteroatoms. The standard InChI is InChI=1S/C12H17N3O3/c1-18-7-3-6-14-11(16)12(17)15-9-10-4-2-5-13-8-10/h2,4-5,8H,3,6-7,9H2,1H3,(H,14,16)(H,15,17). The van der Waals surface area contributed by atoms with Gasteiger partial charge in [-0.3, -0.25) is 14.6 Å². The zero-order valence-electron chi connectivity index (χ0n) is 10.3. The van der Waals surface area contributed by atoms with Crippen LogP contribution in [-0.4, -0.2) is 37.1 Å². The topological polar surface area (TPSA) is 80.3 Å². The van der Waals surface area contributed by atoms with Crippen molar-refractivity contribution < 1.29 is 14.3 Å². The normalized spacial score (nSPS) is 9.83. The third-order valence-corrected chi connectivity index (χ3v) is 2.19. The fourth-order valence-corrected chi connectivity index (χ4v) is 1.26. The number of carbonyl (C=O) groups excluding carboxylic acids is 2. The Balaban J connectivity index is 2.22. The summed E-state index contributed by atoms with van der Waals surface area (Å²) in [6, 6.07) is 3.59. The van der Waals surface area contributed by atoms with Crippen molar-refractivity contribution in [1.29, 1.82) is 0 Å². The number of carbonyl (C=O) groups is 2. The van der Waals surface area contributed by atoms with Gasteiger partial charge in [0.1, 0.15) is 0 Å². The fourth-order valence-electron chi connectivity index (χ4n) is 1.26. The molecule has 2 N–H and O–H groups in total. The first-order chi connectivity index (χ1) is 8.74. The Hall–Kier alpha value is -1.95. The van der Waals surface area contributed by atoms with E-state index in [2.05, 4.69) is 15.6 Å². The number of methoxy groups -OCH3 is 1. The Kier molecular flexibility index (Phi) is 6.42. The summed E-state index contributed by atoms with van der Waals surface area (Å²) in [6.45, 7) is 1.27. The summed E-state index contributed by atoms with van der Waals surface area (Å²) in [7, 11) is 1.59. The van der Waals surface area contributed by atoms with Gasteiger partial charge in [-0.05, 0) is 18.1 Å². The fraction of sp³-hybridized carbons (Fsp3) is 0.417. The van der Waals surface area contributed by atoms with E-state index in [4.69, 9.17) is 4.74 Å². The number of ether oxygens (including phenoxy) is 1. The summed E-state index contributed by atoms with van der Waals surface area (Å²) in [4.78, 5) is 26.7. The molecule has 18 heavy (non-hydrogen) atoms. The molecule has 1 aromatic heterocycles. The molecule has 2 amide bonds. The van der Waals surface area contributed by atoms with Gasteiger partial charge in [0, 0.05) is 39.2 Å². The Labute approximate surface area is 106 Å². The van der Waals surface area contributed by atoms with E-state index >= 15 is 0 Å². The van der Waals surface area contributed by atoms with Crippen LogP contribution in [0.4, 0.5) is 0 Å². The zero-order valence-corrected chi connectivity index (χ0v) is 10.3. The molecule has 0 aliphatic heterocycles. The number of pyridine rings is 1. The molecule has 0 saturated heterocycles. The van der Waals surface area contributed by atoms with Crippen LogP contribution in [0.15, 0.2) is 24.5 Å². The predicted molar refractivity (Wildman–Crippen MR) is 65.6 cm³/mol. The molecule has 0 unspecified atom stereocenters. The first-order valence-corrected chi connectivity index (χ1v) is 5.68. The van der Waals surface area contributed by atoms with Crippen molar-refractivity contribution in [2.45, 2.75) is 13.0 Å². The van der Waals surface area contributed by atoms with Gasteiger partial charge in [-0.2, -0.15) is 0 Å². The van der Waals surface area contributed by atoms with Gasteiger partial charge < -0.3 is 15.4 Å². The first-order valence-electron chi connectivity index (χ1n) is 5.68. The van der Waals surface area contributed by atoms with Gasteiger partial charge >= 0.3 is 11.8 Å². The van der Waals surface area contributed by atoms with Crippen LogP contribution in [-0.2, 0) is 20.9 Å². The molecule has 6 nitrogen and oxygen atoms in total. The molecule has 0 spiro atoms. The number of hydrogen-bond acceptors (Lipinski definition) is 4. The van der Waals surface area contributed by atoms with E-state index in [0.29, 0.717) is 19.6 Å². The number of rotatable bonds is 6. The summed E-state index contributed by atoms with van der Waals surface area (Å²) >= 11 is 0. The number of aromatic nitrogens is 1. The van der Waals surface area contributed by atoms with Crippen LogP contribution in [0.3, 0.4) is 0 Å². The van der Waals surface area contributed by atoms with Crippen molar-refractivity contribution in [3.8, 4) is 0 Å². The van der Waals surface area contributed by atoms with Crippen molar-refractivity contribution in [3.05, 3.63) is 30.1 Å². The second-order valence-electron chi connectivity index (χ2n) is 3.65. The molecular formula is C12H17N3O3. The molecule has 1 heterocycles.